The van der Waals surface area contributed by atoms with Crippen molar-refractivity contribution in [3.05, 3.63) is 41.8 Å². The van der Waals surface area contributed by atoms with Gasteiger partial charge in [0.25, 0.3) is 0 Å². The predicted octanol–water partition coefficient (Wildman–Crippen LogP) is 1.93. The summed E-state index contributed by atoms with van der Waals surface area (Å²) in [5.74, 6) is -0.816. The average molecular weight is 250 g/mol. The number of aromatic nitrogens is 3. The predicted molar refractivity (Wildman–Crippen MR) is 59.7 cm³/mol. The van der Waals surface area contributed by atoms with Crippen molar-refractivity contribution in [2.24, 2.45) is 0 Å². The Balaban J connectivity index is 2.19. The van der Waals surface area contributed by atoms with Gasteiger partial charge in [-0.15, -0.1) is 0 Å². The lowest BCUT2D eigenvalue weighted by molar-refractivity contribution is 0.378. The van der Waals surface area contributed by atoms with Gasteiger partial charge in [-0.05, 0) is 0 Å². The first-order valence-electron chi connectivity index (χ1n) is 5.15. The van der Waals surface area contributed by atoms with Crippen molar-refractivity contribution < 1.29 is 13.3 Å². The summed E-state index contributed by atoms with van der Waals surface area (Å²) in [6.07, 6.45) is 1.48. The van der Waals surface area contributed by atoms with Crippen LogP contribution in [0.5, 0.6) is 0 Å². The van der Waals surface area contributed by atoms with Crippen LogP contribution in [0.2, 0.25) is 0 Å². The molecule has 7 heteroatoms. The molecule has 0 amide bonds. The lowest BCUT2D eigenvalue weighted by Gasteiger charge is -2.03. The topological polar surface area (TPSA) is 69.9 Å². The molecular formula is C11H8F2N4O. The highest BCUT2D eigenvalue weighted by atomic mass is 19.1. The van der Waals surface area contributed by atoms with E-state index in [1.807, 2.05) is 0 Å². The molecule has 0 bridgehead atoms. The van der Waals surface area contributed by atoms with Crippen LogP contribution < -0.4 is 5.73 Å². The molecule has 3 aromatic rings. The second-order valence-corrected chi connectivity index (χ2v) is 3.79. The molecule has 1 aromatic carbocycles. The number of rotatable bonds is 2. The average Bonchev–Trinajstić information content (AvgIpc) is 2.91. The van der Waals surface area contributed by atoms with Gasteiger partial charge in [0.2, 0.25) is 5.95 Å². The van der Waals surface area contributed by atoms with Crippen LogP contribution in [0.15, 0.2) is 28.9 Å². The highest BCUT2D eigenvalue weighted by Gasteiger charge is 2.14. The fraction of sp³-hybridized carbons (Fsp3) is 0.0909. The summed E-state index contributed by atoms with van der Waals surface area (Å²) in [6.45, 7) is 0.214. The van der Waals surface area contributed by atoms with Gasteiger partial charge in [-0.1, -0.05) is 5.16 Å². The van der Waals surface area contributed by atoms with Crippen LogP contribution >= 0.6 is 0 Å². The van der Waals surface area contributed by atoms with Gasteiger partial charge in [0, 0.05) is 18.2 Å². The molecule has 0 saturated heterocycles. The van der Waals surface area contributed by atoms with Crippen LogP contribution in [0.25, 0.3) is 11.0 Å². The van der Waals surface area contributed by atoms with E-state index < -0.39 is 11.6 Å². The molecule has 92 valence electrons. The SMILES string of the molecule is Nc1nc2c(F)cc(F)cc2n1Cc1ccno1. The molecular weight excluding hydrogens is 242 g/mol. The van der Waals surface area contributed by atoms with Gasteiger partial charge in [-0.3, -0.25) is 0 Å². The first-order chi connectivity index (χ1) is 8.65. The third-order valence-corrected chi connectivity index (χ3v) is 2.61. The van der Waals surface area contributed by atoms with E-state index in [1.54, 1.807) is 6.07 Å². The zero-order valence-corrected chi connectivity index (χ0v) is 9.10. The second kappa shape index (κ2) is 3.80. The number of nitrogens with zero attached hydrogens (tertiary/aromatic N) is 3. The van der Waals surface area contributed by atoms with Crippen molar-refractivity contribution in [1.29, 1.82) is 0 Å². The van der Waals surface area contributed by atoms with Gasteiger partial charge in [0.05, 0.1) is 18.3 Å². The zero-order valence-electron chi connectivity index (χ0n) is 9.10. The molecule has 0 fully saturated rings. The normalized spacial score (nSPS) is 11.2. The number of benzene rings is 1. The molecule has 0 aliphatic heterocycles. The molecule has 0 saturated carbocycles. The van der Waals surface area contributed by atoms with Crippen LogP contribution in [-0.4, -0.2) is 14.7 Å². The summed E-state index contributed by atoms with van der Waals surface area (Å²) in [4.78, 5) is 3.87. The molecule has 5 nitrogen and oxygen atoms in total. The fourth-order valence-electron chi connectivity index (χ4n) is 1.81. The molecule has 0 unspecified atom stereocenters. The van der Waals surface area contributed by atoms with Gasteiger partial charge in [-0.25, -0.2) is 13.8 Å². The Labute approximate surface area is 99.8 Å². The Morgan fingerprint density at radius 2 is 2.17 bits per heavy atom. The summed E-state index contributed by atoms with van der Waals surface area (Å²) in [5.41, 5.74) is 6.00. The van der Waals surface area contributed by atoms with Crippen molar-refractivity contribution in [3.8, 4) is 0 Å². The van der Waals surface area contributed by atoms with Gasteiger partial charge in [0.15, 0.2) is 11.6 Å². The number of fused-ring (bicyclic) bond motifs is 1. The largest absolute Gasteiger partial charge is 0.369 e. The van der Waals surface area contributed by atoms with Gasteiger partial charge < -0.3 is 14.8 Å². The van der Waals surface area contributed by atoms with Crippen LogP contribution in [0.3, 0.4) is 0 Å². The summed E-state index contributed by atoms with van der Waals surface area (Å²) in [6, 6.07) is 3.59. The third-order valence-electron chi connectivity index (χ3n) is 2.61. The smallest absolute Gasteiger partial charge is 0.201 e. The van der Waals surface area contributed by atoms with Crippen molar-refractivity contribution in [3.63, 3.8) is 0 Å². The molecule has 0 aliphatic carbocycles. The minimum atomic E-state index is -0.743. The first-order valence-corrected chi connectivity index (χ1v) is 5.15. The number of halogens is 2. The Hall–Kier alpha value is -2.44. The molecule has 0 aliphatic rings. The zero-order chi connectivity index (χ0) is 12.7. The quantitative estimate of drug-likeness (QED) is 0.754. The Morgan fingerprint density at radius 1 is 1.33 bits per heavy atom. The lowest BCUT2D eigenvalue weighted by atomic mass is 10.3. The molecule has 2 heterocycles. The monoisotopic (exact) mass is 250 g/mol. The minimum Gasteiger partial charge on any atom is -0.369 e. The van der Waals surface area contributed by atoms with Crippen LogP contribution in [0.1, 0.15) is 5.76 Å². The standard InChI is InChI=1S/C11H8F2N4O/c12-6-3-8(13)10-9(4-6)17(11(14)16-10)5-7-1-2-15-18-7/h1-4H,5H2,(H2,14,16). The van der Waals surface area contributed by atoms with Gasteiger partial charge in [0.1, 0.15) is 11.3 Å². The van der Waals surface area contributed by atoms with Crippen LogP contribution in [-0.2, 0) is 6.54 Å². The van der Waals surface area contributed by atoms with Crippen LogP contribution in [0, 0.1) is 11.6 Å². The maximum atomic E-state index is 13.5. The molecule has 0 atom stereocenters. The summed E-state index contributed by atoms with van der Waals surface area (Å²) < 4.78 is 33.1. The van der Waals surface area contributed by atoms with E-state index in [9.17, 15) is 8.78 Å². The van der Waals surface area contributed by atoms with E-state index in [0.717, 1.165) is 6.07 Å². The summed E-state index contributed by atoms with van der Waals surface area (Å²) >= 11 is 0. The maximum absolute atomic E-state index is 13.5. The lowest BCUT2D eigenvalue weighted by Crippen LogP contribution is -2.04. The number of nitrogen functional groups attached to an aromatic ring is 1. The molecule has 2 aromatic heterocycles. The highest BCUT2D eigenvalue weighted by molar-refractivity contribution is 5.79. The molecule has 3 rings (SSSR count). The van der Waals surface area contributed by atoms with Crippen molar-refractivity contribution >= 4 is 17.0 Å². The van der Waals surface area contributed by atoms with Gasteiger partial charge in [-0.2, -0.15) is 0 Å². The Kier molecular flexibility index (Phi) is 2.26. The number of nitrogens with two attached hydrogens (primary N) is 1. The molecule has 2 N–H and O–H groups in total. The third kappa shape index (κ3) is 1.60. The minimum absolute atomic E-state index is 0.0356. The van der Waals surface area contributed by atoms with Crippen molar-refractivity contribution in [1.82, 2.24) is 14.7 Å². The first kappa shape index (κ1) is 10.7. The summed E-state index contributed by atoms with van der Waals surface area (Å²) in [7, 11) is 0. The van der Waals surface area contributed by atoms with E-state index in [-0.39, 0.29) is 23.5 Å². The summed E-state index contributed by atoms with van der Waals surface area (Å²) in [5, 5.41) is 3.55. The van der Waals surface area contributed by atoms with E-state index >= 15 is 0 Å². The fourth-order valence-corrected chi connectivity index (χ4v) is 1.81. The van der Waals surface area contributed by atoms with Crippen molar-refractivity contribution in [2.75, 3.05) is 5.73 Å². The number of hydrogen-bond donors (Lipinski definition) is 1. The molecule has 0 spiro atoms. The van der Waals surface area contributed by atoms with Crippen LogP contribution in [0.4, 0.5) is 14.7 Å². The van der Waals surface area contributed by atoms with E-state index in [0.29, 0.717) is 5.76 Å². The Bertz CT molecular complexity index is 705. The molecule has 18 heavy (non-hydrogen) atoms. The maximum Gasteiger partial charge on any atom is 0.201 e. The second-order valence-electron chi connectivity index (χ2n) is 3.79. The highest BCUT2D eigenvalue weighted by Crippen LogP contribution is 2.23. The van der Waals surface area contributed by atoms with E-state index in [1.165, 1.54) is 16.8 Å². The van der Waals surface area contributed by atoms with E-state index in [2.05, 4.69) is 10.1 Å². The van der Waals surface area contributed by atoms with E-state index in [4.69, 9.17) is 10.3 Å². The van der Waals surface area contributed by atoms with Crippen molar-refractivity contribution in [2.45, 2.75) is 6.54 Å². The molecule has 0 radical (unpaired) electrons. The Morgan fingerprint density at radius 3 is 2.89 bits per heavy atom. The number of anilines is 1. The number of imidazole rings is 1. The van der Waals surface area contributed by atoms with Gasteiger partial charge >= 0.3 is 0 Å². The number of hydrogen-bond acceptors (Lipinski definition) is 4.